The van der Waals surface area contributed by atoms with Gasteiger partial charge in [-0.15, -0.1) is 0 Å². The van der Waals surface area contributed by atoms with Gasteiger partial charge in [-0.05, 0) is 38.5 Å². The van der Waals surface area contributed by atoms with Crippen LogP contribution in [0.2, 0.25) is 0 Å². The minimum atomic E-state index is -1.00. The van der Waals surface area contributed by atoms with Gasteiger partial charge in [-0.1, -0.05) is 13.8 Å². The molecule has 0 aromatic carbocycles. The molecule has 1 atom stereocenters. The lowest BCUT2D eigenvalue weighted by molar-refractivity contribution is -0.140. The van der Waals surface area contributed by atoms with Crippen LogP contribution in [-0.4, -0.2) is 28.7 Å². The fourth-order valence-corrected chi connectivity index (χ4v) is 1.89. The van der Waals surface area contributed by atoms with Crippen molar-refractivity contribution in [1.29, 1.82) is 0 Å². The van der Waals surface area contributed by atoms with Crippen LogP contribution in [-0.2, 0) is 4.79 Å². The highest BCUT2D eigenvalue weighted by atomic mass is 16.4. The van der Waals surface area contributed by atoms with Crippen molar-refractivity contribution < 1.29 is 14.7 Å². The molecule has 5 heteroatoms. The van der Waals surface area contributed by atoms with Crippen LogP contribution in [0, 0.1) is 11.8 Å². The second-order valence-electron chi connectivity index (χ2n) is 5.65. The summed E-state index contributed by atoms with van der Waals surface area (Å²) >= 11 is 0. The van der Waals surface area contributed by atoms with Crippen LogP contribution in [0.4, 0.5) is 4.79 Å². The van der Waals surface area contributed by atoms with Crippen molar-refractivity contribution >= 4 is 12.0 Å². The Morgan fingerprint density at radius 1 is 1.29 bits per heavy atom. The molecule has 0 spiro atoms. The Kier molecular flexibility index (Phi) is 4.01. The zero-order chi connectivity index (χ0) is 13.2. The molecule has 1 aliphatic carbocycles. The van der Waals surface area contributed by atoms with Gasteiger partial charge in [-0.2, -0.15) is 0 Å². The van der Waals surface area contributed by atoms with E-state index in [4.69, 9.17) is 5.11 Å². The summed E-state index contributed by atoms with van der Waals surface area (Å²) < 4.78 is 0. The summed E-state index contributed by atoms with van der Waals surface area (Å²) in [6.07, 6.45) is 2.25. The highest BCUT2D eigenvalue weighted by Crippen LogP contribution is 2.39. The number of aliphatic carboxylic acids is 1. The second-order valence-corrected chi connectivity index (χ2v) is 5.65. The minimum absolute atomic E-state index is 0.137. The zero-order valence-corrected chi connectivity index (χ0v) is 10.9. The highest BCUT2D eigenvalue weighted by molar-refractivity contribution is 5.83. The van der Waals surface area contributed by atoms with Gasteiger partial charge in [0.2, 0.25) is 0 Å². The van der Waals surface area contributed by atoms with E-state index in [1.807, 2.05) is 13.8 Å². The molecule has 2 amide bonds. The SMILES string of the molecule is CC(C)C(NC(=O)NC(C)(C)C1CC1)C(=O)O. The van der Waals surface area contributed by atoms with Gasteiger partial charge in [0.1, 0.15) is 6.04 Å². The number of hydrogen-bond donors (Lipinski definition) is 3. The van der Waals surface area contributed by atoms with Gasteiger partial charge in [0.25, 0.3) is 0 Å². The van der Waals surface area contributed by atoms with Crippen molar-refractivity contribution in [3.8, 4) is 0 Å². The summed E-state index contributed by atoms with van der Waals surface area (Å²) in [5, 5.41) is 14.3. The summed E-state index contributed by atoms with van der Waals surface area (Å²) in [6.45, 7) is 7.47. The van der Waals surface area contributed by atoms with Crippen molar-refractivity contribution in [2.75, 3.05) is 0 Å². The molecule has 98 valence electrons. The first-order valence-corrected chi connectivity index (χ1v) is 6.05. The lowest BCUT2D eigenvalue weighted by Crippen LogP contribution is -2.54. The van der Waals surface area contributed by atoms with E-state index in [1.54, 1.807) is 13.8 Å². The summed E-state index contributed by atoms with van der Waals surface area (Å²) in [6, 6.07) is -1.24. The van der Waals surface area contributed by atoms with E-state index in [0.717, 1.165) is 12.8 Å². The van der Waals surface area contributed by atoms with Crippen LogP contribution in [0.3, 0.4) is 0 Å². The molecule has 0 radical (unpaired) electrons. The van der Waals surface area contributed by atoms with Gasteiger partial charge in [-0.25, -0.2) is 9.59 Å². The fraction of sp³-hybridized carbons (Fsp3) is 0.833. The number of rotatable bonds is 5. The molecule has 0 aromatic heterocycles. The standard InChI is InChI=1S/C12H22N2O3/c1-7(2)9(10(15)16)13-11(17)14-12(3,4)8-5-6-8/h7-9H,5-6H2,1-4H3,(H,15,16)(H2,13,14,17). The molecular weight excluding hydrogens is 220 g/mol. The van der Waals surface area contributed by atoms with Gasteiger partial charge in [-0.3, -0.25) is 0 Å². The molecule has 0 saturated heterocycles. The van der Waals surface area contributed by atoms with Gasteiger partial charge in [0.15, 0.2) is 0 Å². The Morgan fingerprint density at radius 3 is 2.18 bits per heavy atom. The van der Waals surface area contributed by atoms with E-state index in [9.17, 15) is 9.59 Å². The van der Waals surface area contributed by atoms with Crippen molar-refractivity contribution in [3.05, 3.63) is 0 Å². The third kappa shape index (κ3) is 3.91. The molecule has 0 aliphatic heterocycles. The Labute approximate surface area is 102 Å². The first-order valence-electron chi connectivity index (χ1n) is 6.05. The number of urea groups is 1. The number of nitrogens with one attached hydrogen (secondary N) is 2. The number of amides is 2. The third-order valence-electron chi connectivity index (χ3n) is 3.25. The quantitative estimate of drug-likeness (QED) is 0.685. The third-order valence-corrected chi connectivity index (χ3v) is 3.25. The van der Waals surface area contributed by atoms with Crippen molar-refractivity contribution in [2.24, 2.45) is 11.8 Å². The normalized spacial score (nSPS) is 17.7. The van der Waals surface area contributed by atoms with Crippen molar-refractivity contribution in [3.63, 3.8) is 0 Å². The molecular formula is C12H22N2O3. The minimum Gasteiger partial charge on any atom is -0.480 e. The van der Waals surface area contributed by atoms with E-state index in [-0.39, 0.29) is 11.5 Å². The Balaban J connectivity index is 2.50. The van der Waals surface area contributed by atoms with E-state index in [0.29, 0.717) is 5.92 Å². The van der Waals surface area contributed by atoms with Crippen molar-refractivity contribution in [2.45, 2.75) is 52.1 Å². The molecule has 17 heavy (non-hydrogen) atoms. The monoisotopic (exact) mass is 242 g/mol. The maximum absolute atomic E-state index is 11.7. The molecule has 1 aliphatic rings. The molecule has 5 nitrogen and oxygen atoms in total. The summed E-state index contributed by atoms with van der Waals surface area (Å²) in [7, 11) is 0. The van der Waals surface area contributed by atoms with Crippen LogP contribution >= 0.6 is 0 Å². The van der Waals surface area contributed by atoms with Crippen LogP contribution in [0.1, 0.15) is 40.5 Å². The maximum atomic E-state index is 11.7. The van der Waals surface area contributed by atoms with Crippen LogP contribution in [0.5, 0.6) is 0 Å². The van der Waals surface area contributed by atoms with E-state index >= 15 is 0 Å². The van der Waals surface area contributed by atoms with Crippen LogP contribution in [0.15, 0.2) is 0 Å². The first-order chi connectivity index (χ1) is 7.74. The molecule has 1 fully saturated rings. The number of carboxylic acids is 1. The molecule has 3 N–H and O–H groups in total. The predicted molar refractivity (Wildman–Crippen MR) is 64.7 cm³/mol. The zero-order valence-electron chi connectivity index (χ0n) is 10.9. The molecule has 0 heterocycles. The smallest absolute Gasteiger partial charge is 0.326 e. The lowest BCUT2D eigenvalue weighted by Gasteiger charge is -2.28. The summed E-state index contributed by atoms with van der Waals surface area (Å²) in [5.74, 6) is -0.628. The van der Waals surface area contributed by atoms with Gasteiger partial charge in [0, 0.05) is 5.54 Å². The summed E-state index contributed by atoms with van der Waals surface area (Å²) in [5.41, 5.74) is -0.260. The first kappa shape index (κ1) is 13.8. The van der Waals surface area contributed by atoms with Crippen molar-refractivity contribution in [1.82, 2.24) is 10.6 Å². The van der Waals surface area contributed by atoms with Gasteiger partial charge >= 0.3 is 12.0 Å². The molecule has 0 aromatic rings. The molecule has 1 unspecified atom stereocenters. The van der Waals surface area contributed by atoms with E-state index in [2.05, 4.69) is 10.6 Å². The summed E-state index contributed by atoms with van der Waals surface area (Å²) in [4.78, 5) is 22.7. The topological polar surface area (TPSA) is 78.4 Å². The molecule has 0 bridgehead atoms. The average Bonchev–Trinajstić information content (AvgIpc) is 2.95. The fourth-order valence-electron chi connectivity index (χ4n) is 1.89. The molecule has 1 saturated carbocycles. The number of carboxylic acid groups (broad SMARTS) is 1. The Morgan fingerprint density at radius 2 is 1.82 bits per heavy atom. The largest absolute Gasteiger partial charge is 0.480 e. The maximum Gasteiger partial charge on any atom is 0.326 e. The van der Waals surface area contributed by atoms with Gasteiger partial charge in [0.05, 0.1) is 0 Å². The Bertz CT molecular complexity index is 309. The Hall–Kier alpha value is -1.26. The average molecular weight is 242 g/mol. The highest BCUT2D eigenvalue weighted by Gasteiger charge is 2.39. The predicted octanol–water partition coefficient (Wildman–Crippen LogP) is 1.58. The molecule has 1 rings (SSSR count). The number of carbonyl (C=O) groups excluding carboxylic acids is 1. The lowest BCUT2D eigenvalue weighted by atomic mass is 9.99. The van der Waals surface area contributed by atoms with Crippen LogP contribution < -0.4 is 10.6 Å². The number of hydrogen-bond acceptors (Lipinski definition) is 2. The van der Waals surface area contributed by atoms with Crippen LogP contribution in [0.25, 0.3) is 0 Å². The second kappa shape index (κ2) is 4.94. The van der Waals surface area contributed by atoms with E-state index < -0.39 is 18.0 Å². The number of carbonyl (C=O) groups is 2. The van der Waals surface area contributed by atoms with Gasteiger partial charge < -0.3 is 15.7 Å². The van der Waals surface area contributed by atoms with E-state index in [1.165, 1.54) is 0 Å².